The van der Waals surface area contributed by atoms with Crippen molar-refractivity contribution in [3.05, 3.63) is 17.7 Å². The molecule has 1 aliphatic rings. The Kier molecular flexibility index (Phi) is 7.27. The minimum absolute atomic E-state index is 0.0848. The van der Waals surface area contributed by atoms with Crippen molar-refractivity contribution in [2.45, 2.75) is 13.8 Å². The molecule has 0 saturated carbocycles. The Labute approximate surface area is 157 Å². The minimum Gasteiger partial charge on any atom is -0.493 e. The maximum absolute atomic E-state index is 12.3. The van der Waals surface area contributed by atoms with Crippen molar-refractivity contribution in [2.75, 3.05) is 46.6 Å². The van der Waals surface area contributed by atoms with Crippen LogP contribution in [0.15, 0.2) is 12.1 Å². The topological polar surface area (TPSA) is 103 Å². The molecule has 1 heterocycles. The fourth-order valence-electron chi connectivity index (χ4n) is 2.50. The maximum atomic E-state index is 12.3. The van der Waals surface area contributed by atoms with Gasteiger partial charge in [0.05, 0.1) is 19.2 Å². The van der Waals surface area contributed by atoms with Crippen LogP contribution in [-0.4, -0.2) is 69.2 Å². The Hall–Kier alpha value is -2.97. The van der Waals surface area contributed by atoms with E-state index in [4.69, 9.17) is 18.9 Å². The number of ether oxygens (including phenoxy) is 4. The van der Waals surface area contributed by atoms with E-state index in [2.05, 4.69) is 5.32 Å². The molecular weight excluding hydrogens is 356 g/mol. The molecule has 0 bridgehead atoms. The number of benzene rings is 1. The summed E-state index contributed by atoms with van der Waals surface area (Å²) < 4.78 is 21.3. The van der Waals surface area contributed by atoms with Gasteiger partial charge in [0.15, 0.2) is 18.1 Å². The van der Waals surface area contributed by atoms with Crippen molar-refractivity contribution in [3.8, 4) is 17.2 Å². The molecule has 9 heteroatoms. The molecule has 2 amide bonds. The molecule has 1 aliphatic heterocycles. The van der Waals surface area contributed by atoms with Crippen molar-refractivity contribution >= 4 is 17.8 Å². The van der Waals surface area contributed by atoms with E-state index in [1.54, 1.807) is 13.8 Å². The number of fused-ring (bicyclic) bond motifs is 1. The van der Waals surface area contributed by atoms with Crippen LogP contribution in [0.4, 0.5) is 0 Å². The number of hydrogen-bond donors (Lipinski definition) is 1. The summed E-state index contributed by atoms with van der Waals surface area (Å²) in [5.74, 6) is -0.275. The van der Waals surface area contributed by atoms with E-state index < -0.39 is 18.5 Å². The lowest BCUT2D eigenvalue weighted by Crippen LogP contribution is -2.42. The summed E-state index contributed by atoms with van der Waals surface area (Å²) in [5, 5.41) is 2.62. The lowest BCUT2D eigenvalue weighted by molar-refractivity contribution is -0.138. The third-order valence-electron chi connectivity index (χ3n) is 3.83. The summed E-state index contributed by atoms with van der Waals surface area (Å²) in [7, 11) is 1.45. The Bertz CT molecular complexity index is 688. The average molecular weight is 380 g/mol. The molecule has 0 atom stereocenters. The highest BCUT2D eigenvalue weighted by Crippen LogP contribution is 2.40. The summed E-state index contributed by atoms with van der Waals surface area (Å²) in [5.41, 5.74) is 0.177. The second-order valence-electron chi connectivity index (χ2n) is 5.64. The van der Waals surface area contributed by atoms with Crippen molar-refractivity contribution in [1.29, 1.82) is 0 Å². The van der Waals surface area contributed by atoms with E-state index in [9.17, 15) is 14.4 Å². The molecule has 9 nitrogen and oxygen atoms in total. The van der Waals surface area contributed by atoms with Gasteiger partial charge in [-0.3, -0.25) is 9.59 Å². The number of nitrogens with one attached hydrogen (secondary N) is 1. The first-order valence-corrected chi connectivity index (χ1v) is 8.69. The molecule has 27 heavy (non-hydrogen) atoms. The van der Waals surface area contributed by atoms with Crippen LogP contribution in [0.5, 0.6) is 17.2 Å². The molecule has 1 aromatic carbocycles. The van der Waals surface area contributed by atoms with E-state index in [0.29, 0.717) is 43.6 Å². The van der Waals surface area contributed by atoms with Crippen LogP contribution in [-0.2, 0) is 14.3 Å². The van der Waals surface area contributed by atoms with Crippen LogP contribution in [0, 0.1) is 0 Å². The molecule has 0 aromatic heterocycles. The second kappa shape index (κ2) is 9.65. The second-order valence-corrected chi connectivity index (χ2v) is 5.64. The van der Waals surface area contributed by atoms with E-state index in [-0.39, 0.29) is 18.0 Å². The number of carbonyl (C=O) groups is 3. The molecule has 0 fully saturated rings. The highest BCUT2D eigenvalue weighted by atomic mass is 16.6. The van der Waals surface area contributed by atoms with Gasteiger partial charge in [0.25, 0.3) is 5.91 Å². The fourth-order valence-corrected chi connectivity index (χ4v) is 2.50. The Morgan fingerprint density at radius 2 is 1.93 bits per heavy atom. The van der Waals surface area contributed by atoms with Gasteiger partial charge in [-0.25, -0.2) is 4.79 Å². The van der Waals surface area contributed by atoms with E-state index in [1.165, 1.54) is 24.1 Å². The third-order valence-corrected chi connectivity index (χ3v) is 3.83. The van der Waals surface area contributed by atoms with Crippen molar-refractivity contribution < 1.29 is 33.3 Å². The summed E-state index contributed by atoms with van der Waals surface area (Å²) in [6, 6.07) is 2.95. The van der Waals surface area contributed by atoms with Gasteiger partial charge < -0.3 is 29.2 Å². The summed E-state index contributed by atoms with van der Waals surface area (Å²) in [4.78, 5) is 37.5. The van der Waals surface area contributed by atoms with Crippen LogP contribution in [0.3, 0.4) is 0 Å². The minimum atomic E-state index is -0.701. The van der Waals surface area contributed by atoms with Crippen LogP contribution < -0.4 is 19.5 Å². The molecule has 148 valence electrons. The highest BCUT2D eigenvalue weighted by Gasteiger charge is 2.23. The summed E-state index contributed by atoms with van der Waals surface area (Å²) in [6.45, 7) is 4.53. The Morgan fingerprint density at radius 1 is 1.19 bits per heavy atom. The number of methoxy groups -OCH3 is 1. The zero-order chi connectivity index (χ0) is 19.8. The monoisotopic (exact) mass is 380 g/mol. The van der Waals surface area contributed by atoms with Gasteiger partial charge in [-0.15, -0.1) is 0 Å². The summed E-state index contributed by atoms with van der Waals surface area (Å²) >= 11 is 0. The van der Waals surface area contributed by atoms with Crippen LogP contribution >= 0.6 is 0 Å². The van der Waals surface area contributed by atoms with E-state index >= 15 is 0 Å². The highest BCUT2D eigenvalue weighted by molar-refractivity contribution is 5.93. The first kappa shape index (κ1) is 20.3. The van der Waals surface area contributed by atoms with Gasteiger partial charge in [0.1, 0.15) is 13.2 Å². The van der Waals surface area contributed by atoms with Gasteiger partial charge in [0, 0.05) is 13.1 Å². The largest absolute Gasteiger partial charge is 0.493 e. The molecule has 0 unspecified atom stereocenters. The number of rotatable bonds is 8. The van der Waals surface area contributed by atoms with Crippen LogP contribution in [0.25, 0.3) is 0 Å². The Morgan fingerprint density at radius 3 is 2.59 bits per heavy atom. The zero-order valence-corrected chi connectivity index (χ0v) is 15.7. The molecule has 0 spiro atoms. The van der Waals surface area contributed by atoms with Crippen LogP contribution in [0.2, 0.25) is 0 Å². The van der Waals surface area contributed by atoms with Crippen molar-refractivity contribution in [2.24, 2.45) is 0 Å². The standard InChI is InChI=1S/C18H24N2O7/c1-4-19-15(21)10-20(5-2)16(22)11-27-18(23)12-8-13(24-3)17-14(9-12)25-6-7-26-17/h8-9H,4-7,10-11H2,1-3H3,(H,19,21). The molecule has 2 rings (SSSR count). The van der Waals surface area contributed by atoms with Gasteiger partial charge in [0.2, 0.25) is 11.7 Å². The molecule has 0 saturated heterocycles. The van der Waals surface area contributed by atoms with Gasteiger partial charge in [-0.1, -0.05) is 0 Å². The van der Waals surface area contributed by atoms with E-state index in [1.807, 2.05) is 0 Å². The number of esters is 1. The molecule has 1 N–H and O–H groups in total. The number of carbonyl (C=O) groups excluding carboxylic acids is 3. The maximum Gasteiger partial charge on any atom is 0.338 e. The lowest BCUT2D eigenvalue weighted by Gasteiger charge is -2.21. The first-order valence-electron chi connectivity index (χ1n) is 8.69. The molecule has 0 radical (unpaired) electrons. The molecule has 0 aliphatic carbocycles. The molecule has 1 aromatic rings. The van der Waals surface area contributed by atoms with E-state index in [0.717, 1.165) is 0 Å². The van der Waals surface area contributed by atoms with Crippen LogP contribution in [0.1, 0.15) is 24.2 Å². The number of hydrogen-bond acceptors (Lipinski definition) is 7. The summed E-state index contributed by atoms with van der Waals surface area (Å²) in [6.07, 6.45) is 0. The normalized spacial score (nSPS) is 12.1. The number of nitrogens with zero attached hydrogens (tertiary/aromatic N) is 1. The number of amides is 2. The average Bonchev–Trinajstić information content (AvgIpc) is 2.69. The lowest BCUT2D eigenvalue weighted by atomic mass is 10.1. The van der Waals surface area contributed by atoms with Crippen molar-refractivity contribution in [1.82, 2.24) is 10.2 Å². The van der Waals surface area contributed by atoms with Gasteiger partial charge in [-0.2, -0.15) is 0 Å². The Balaban J connectivity index is 2.00. The predicted molar refractivity (Wildman–Crippen MR) is 95.2 cm³/mol. The van der Waals surface area contributed by atoms with Gasteiger partial charge >= 0.3 is 5.97 Å². The first-order chi connectivity index (χ1) is 13.0. The number of likely N-dealkylation sites (N-methyl/N-ethyl adjacent to an activating group) is 2. The predicted octanol–water partition coefficient (Wildman–Crippen LogP) is 0.608. The molecular formula is C18H24N2O7. The zero-order valence-electron chi connectivity index (χ0n) is 15.7. The van der Waals surface area contributed by atoms with Gasteiger partial charge in [-0.05, 0) is 26.0 Å². The SMILES string of the molecule is CCNC(=O)CN(CC)C(=O)COC(=O)c1cc(OC)c2c(c1)OCCO2. The fraction of sp³-hybridized carbons (Fsp3) is 0.500. The smallest absolute Gasteiger partial charge is 0.338 e. The third kappa shape index (κ3) is 5.25. The van der Waals surface area contributed by atoms with Crippen molar-refractivity contribution in [3.63, 3.8) is 0 Å². The quantitative estimate of drug-likeness (QED) is 0.659.